The SMILES string of the molecule is NC(N)=NC[C@@H]1C[C@]1(N)C(=O)O. The molecule has 0 aromatic heterocycles. The van der Waals surface area contributed by atoms with Crippen molar-refractivity contribution in [3.8, 4) is 0 Å². The highest BCUT2D eigenvalue weighted by molar-refractivity contribution is 5.83. The molecule has 0 aromatic carbocycles. The van der Waals surface area contributed by atoms with Crippen molar-refractivity contribution in [3.05, 3.63) is 0 Å². The number of aliphatic carboxylic acids is 1. The van der Waals surface area contributed by atoms with Crippen molar-refractivity contribution in [2.75, 3.05) is 6.54 Å². The molecule has 2 atom stereocenters. The molecule has 0 bridgehead atoms. The van der Waals surface area contributed by atoms with Crippen LogP contribution in [0, 0.1) is 5.92 Å². The van der Waals surface area contributed by atoms with Crippen LogP contribution >= 0.6 is 0 Å². The second-order valence-electron chi connectivity index (χ2n) is 3.01. The van der Waals surface area contributed by atoms with Crippen LogP contribution in [0.25, 0.3) is 0 Å². The van der Waals surface area contributed by atoms with Crippen molar-refractivity contribution in [2.45, 2.75) is 12.0 Å². The predicted molar refractivity (Wildman–Crippen MR) is 43.3 cm³/mol. The molecule has 68 valence electrons. The minimum atomic E-state index is -1.10. The second-order valence-corrected chi connectivity index (χ2v) is 3.01. The number of guanidine groups is 1. The maximum Gasteiger partial charge on any atom is 0.324 e. The van der Waals surface area contributed by atoms with Gasteiger partial charge in [0.05, 0.1) is 0 Å². The van der Waals surface area contributed by atoms with Crippen molar-refractivity contribution < 1.29 is 9.90 Å². The molecule has 0 aliphatic heterocycles. The van der Waals surface area contributed by atoms with Crippen LogP contribution in [0.2, 0.25) is 0 Å². The largest absolute Gasteiger partial charge is 0.480 e. The Morgan fingerprint density at radius 3 is 2.58 bits per heavy atom. The Morgan fingerprint density at radius 2 is 2.25 bits per heavy atom. The zero-order valence-corrected chi connectivity index (χ0v) is 6.53. The summed E-state index contributed by atoms with van der Waals surface area (Å²) in [4.78, 5) is 14.2. The third-order valence-electron chi connectivity index (χ3n) is 2.04. The van der Waals surface area contributed by atoms with E-state index in [0.29, 0.717) is 13.0 Å². The van der Waals surface area contributed by atoms with Gasteiger partial charge in [-0.2, -0.15) is 0 Å². The van der Waals surface area contributed by atoms with Crippen LogP contribution < -0.4 is 17.2 Å². The molecule has 0 saturated heterocycles. The van der Waals surface area contributed by atoms with E-state index in [4.69, 9.17) is 22.3 Å². The summed E-state index contributed by atoms with van der Waals surface area (Å²) in [6, 6.07) is 0. The fourth-order valence-corrected chi connectivity index (χ4v) is 1.05. The van der Waals surface area contributed by atoms with E-state index < -0.39 is 11.5 Å². The maximum absolute atomic E-state index is 10.5. The van der Waals surface area contributed by atoms with E-state index in [1.165, 1.54) is 0 Å². The smallest absolute Gasteiger partial charge is 0.324 e. The molecule has 0 amide bonds. The Kier molecular flexibility index (Phi) is 1.93. The second kappa shape index (κ2) is 2.63. The van der Waals surface area contributed by atoms with Gasteiger partial charge in [0.25, 0.3) is 0 Å². The number of hydrogen-bond acceptors (Lipinski definition) is 3. The third kappa shape index (κ3) is 1.48. The number of carbonyl (C=O) groups is 1. The normalized spacial score (nSPS) is 32.6. The van der Waals surface area contributed by atoms with Gasteiger partial charge >= 0.3 is 5.97 Å². The summed E-state index contributed by atoms with van der Waals surface area (Å²) in [7, 11) is 0. The Morgan fingerprint density at radius 1 is 1.67 bits per heavy atom. The van der Waals surface area contributed by atoms with E-state index in [1.807, 2.05) is 0 Å². The average molecular weight is 172 g/mol. The number of nitrogens with zero attached hydrogens (tertiary/aromatic N) is 1. The predicted octanol–water partition coefficient (Wildman–Crippen LogP) is -1.94. The molecule has 12 heavy (non-hydrogen) atoms. The first-order chi connectivity index (χ1) is 5.47. The average Bonchev–Trinajstić information content (AvgIpc) is 2.59. The van der Waals surface area contributed by atoms with Crippen molar-refractivity contribution in [3.63, 3.8) is 0 Å². The Balaban J connectivity index is 2.43. The van der Waals surface area contributed by atoms with E-state index in [1.54, 1.807) is 0 Å². The molecule has 0 spiro atoms. The van der Waals surface area contributed by atoms with Gasteiger partial charge in [0.1, 0.15) is 5.54 Å². The van der Waals surface area contributed by atoms with Gasteiger partial charge in [0.2, 0.25) is 0 Å². The molecule has 6 heteroatoms. The summed E-state index contributed by atoms with van der Waals surface area (Å²) in [5.41, 5.74) is 14.5. The van der Waals surface area contributed by atoms with Gasteiger partial charge in [-0.15, -0.1) is 0 Å². The van der Waals surface area contributed by atoms with E-state index >= 15 is 0 Å². The lowest BCUT2D eigenvalue weighted by Gasteiger charge is -2.02. The highest BCUT2D eigenvalue weighted by Crippen LogP contribution is 2.41. The fourth-order valence-electron chi connectivity index (χ4n) is 1.05. The number of rotatable bonds is 3. The third-order valence-corrected chi connectivity index (χ3v) is 2.04. The molecule has 1 fully saturated rings. The molecule has 1 saturated carbocycles. The molecule has 1 aliphatic carbocycles. The summed E-state index contributed by atoms with van der Waals surface area (Å²) < 4.78 is 0. The zero-order chi connectivity index (χ0) is 9.35. The van der Waals surface area contributed by atoms with Gasteiger partial charge in [-0.1, -0.05) is 0 Å². The van der Waals surface area contributed by atoms with Gasteiger partial charge in [-0.3, -0.25) is 9.79 Å². The standard InChI is InChI=1S/C6H12N4O2/c7-5(8)10-2-3-1-6(3,9)4(11)12/h3H,1-2,9H2,(H,11,12)(H4,7,8,10)/t3-,6+/m0/s1. The van der Waals surface area contributed by atoms with Crippen molar-refractivity contribution in [1.29, 1.82) is 0 Å². The first-order valence-corrected chi connectivity index (χ1v) is 3.54. The van der Waals surface area contributed by atoms with E-state index in [9.17, 15) is 4.79 Å². The van der Waals surface area contributed by atoms with Crippen LogP contribution in [0.4, 0.5) is 0 Å². The van der Waals surface area contributed by atoms with Crippen LogP contribution in [-0.4, -0.2) is 29.1 Å². The van der Waals surface area contributed by atoms with Crippen LogP contribution in [0.15, 0.2) is 4.99 Å². The number of carboxylic acids is 1. The van der Waals surface area contributed by atoms with Gasteiger partial charge in [-0.05, 0) is 6.42 Å². The van der Waals surface area contributed by atoms with Crippen molar-refractivity contribution in [2.24, 2.45) is 28.1 Å². The molecule has 0 aromatic rings. The van der Waals surface area contributed by atoms with E-state index in [2.05, 4.69) is 4.99 Å². The van der Waals surface area contributed by atoms with Crippen LogP contribution in [0.1, 0.15) is 6.42 Å². The maximum atomic E-state index is 10.5. The zero-order valence-electron chi connectivity index (χ0n) is 6.53. The molecule has 0 radical (unpaired) electrons. The lowest BCUT2D eigenvalue weighted by atomic mass is 10.2. The first-order valence-electron chi connectivity index (χ1n) is 3.54. The minimum absolute atomic E-state index is 0.0327. The van der Waals surface area contributed by atoms with Crippen molar-refractivity contribution in [1.82, 2.24) is 0 Å². The molecule has 7 N–H and O–H groups in total. The van der Waals surface area contributed by atoms with E-state index in [0.717, 1.165) is 0 Å². The molecule has 1 rings (SSSR count). The molecule has 0 heterocycles. The van der Waals surface area contributed by atoms with Gasteiger partial charge in [0, 0.05) is 12.5 Å². The first kappa shape index (κ1) is 8.79. The van der Waals surface area contributed by atoms with E-state index in [-0.39, 0.29) is 11.9 Å². The Labute approximate surface area is 69.4 Å². The topological polar surface area (TPSA) is 128 Å². The minimum Gasteiger partial charge on any atom is -0.480 e. The lowest BCUT2D eigenvalue weighted by Crippen LogP contribution is -2.36. The quantitative estimate of drug-likeness (QED) is 0.291. The molecule has 0 unspecified atom stereocenters. The van der Waals surface area contributed by atoms with Crippen LogP contribution in [-0.2, 0) is 4.79 Å². The number of carboxylic acid groups (broad SMARTS) is 1. The molecular formula is C6H12N4O2. The summed E-state index contributed by atoms with van der Waals surface area (Å²) >= 11 is 0. The highest BCUT2D eigenvalue weighted by atomic mass is 16.4. The monoisotopic (exact) mass is 172 g/mol. The van der Waals surface area contributed by atoms with Gasteiger partial charge in [0.15, 0.2) is 5.96 Å². The lowest BCUT2D eigenvalue weighted by molar-refractivity contribution is -0.140. The number of aliphatic imine (C=N–C) groups is 1. The van der Waals surface area contributed by atoms with Crippen LogP contribution in [0.5, 0.6) is 0 Å². The molecule has 1 aliphatic rings. The number of hydrogen-bond donors (Lipinski definition) is 4. The fraction of sp³-hybridized carbons (Fsp3) is 0.667. The Bertz CT molecular complexity index is 236. The highest BCUT2D eigenvalue weighted by Gasteiger charge is 2.57. The van der Waals surface area contributed by atoms with Crippen molar-refractivity contribution >= 4 is 11.9 Å². The molecular weight excluding hydrogens is 160 g/mol. The van der Waals surface area contributed by atoms with Gasteiger partial charge < -0.3 is 22.3 Å². The Hall–Kier alpha value is -1.30. The number of nitrogens with two attached hydrogens (primary N) is 3. The summed E-state index contributed by atoms with van der Waals surface area (Å²) in [6.07, 6.45) is 0.444. The summed E-state index contributed by atoms with van der Waals surface area (Å²) in [5, 5.41) is 8.61. The van der Waals surface area contributed by atoms with Crippen LogP contribution in [0.3, 0.4) is 0 Å². The van der Waals surface area contributed by atoms with Gasteiger partial charge in [-0.25, -0.2) is 0 Å². The summed E-state index contributed by atoms with van der Waals surface area (Å²) in [6.45, 7) is 0.297. The summed E-state index contributed by atoms with van der Waals surface area (Å²) in [5.74, 6) is -1.15. The molecule has 6 nitrogen and oxygen atoms in total.